The lowest BCUT2D eigenvalue weighted by Crippen LogP contribution is -2.63. The van der Waals surface area contributed by atoms with Crippen molar-refractivity contribution >= 4 is 25.2 Å². The first kappa shape index (κ1) is 38.7. The predicted octanol–water partition coefficient (Wildman–Crippen LogP) is 6.66. The van der Waals surface area contributed by atoms with Gasteiger partial charge in [0.1, 0.15) is 11.6 Å². The number of piperazine rings is 1. The zero-order valence-corrected chi connectivity index (χ0v) is 31.8. The maximum absolute atomic E-state index is 13.1. The molecule has 1 spiro atoms. The van der Waals surface area contributed by atoms with Crippen molar-refractivity contribution in [3.8, 4) is 0 Å². The van der Waals surface area contributed by atoms with Crippen molar-refractivity contribution < 1.29 is 13.6 Å². The van der Waals surface area contributed by atoms with Crippen molar-refractivity contribution in [3.63, 3.8) is 0 Å². The molecule has 2 heterocycles. The molecule has 1 aliphatic heterocycles. The third-order valence-corrected chi connectivity index (χ3v) is 13.8. The molecule has 12 heteroatoms. The van der Waals surface area contributed by atoms with Gasteiger partial charge in [0.15, 0.2) is 0 Å². The average Bonchev–Trinajstić information content (AvgIpc) is 3.11. The van der Waals surface area contributed by atoms with Gasteiger partial charge in [0.2, 0.25) is 5.95 Å². The van der Waals surface area contributed by atoms with Crippen molar-refractivity contribution in [3.05, 3.63) is 6.07 Å². The Labute approximate surface area is 297 Å². The highest BCUT2D eigenvalue weighted by molar-refractivity contribution is 7.53. The van der Waals surface area contributed by atoms with E-state index in [1.54, 1.807) is 0 Å². The summed E-state index contributed by atoms with van der Waals surface area (Å²) in [6.45, 7) is 12.6. The molecule has 0 atom stereocenters. The Morgan fingerprint density at radius 2 is 1.57 bits per heavy atom. The van der Waals surface area contributed by atoms with Crippen LogP contribution in [-0.4, -0.2) is 98.2 Å². The highest BCUT2D eigenvalue weighted by Crippen LogP contribution is 2.49. The topological polar surface area (TPSA) is 130 Å². The summed E-state index contributed by atoms with van der Waals surface area (Å²) in [5.41, 5.74) is 6.47. The molecule has 1 aromatic rings. The second-order valence-corrected chi connectivity index (χ2v) is 17.5. The molecule has 0 amide bonds. The average molecular weight is 705 g/mol. The maximum atomic E-state index is 13.1. The van der Waals surface area contributed by atoms with Gasteiger partial charge in [-0.25, -0.2) is 0 Å². The fourth-order valence-corrected chi connectivity index (χ4v) is 10.6. The molecule has 11 nitrogen and oxygen atoms in total. The first-order valence-electron chi connectivity index (χ1n) is 20.1. The van der Waals surface area contributed by atoms with Crippen molar-refractivity contribution in [1.82, 2.24) is 25.5 Å². The van der Waals surface area contributed by atoms with E-state index in [4.69, 9.17) is 19.8 Å². The van der Waals surface area contributed by atoms with Crippen LogP contribution in [0.2, 0.25) is 0 Å². The van der Waals surface area contributed by atoms with Crippen molar-refractivity contribution in [1.29, 1.82) is 0 Å². The van der Waals surface area contributed by atoms with Gasteiger partial charge in [0.05, 0.1) is 19.4 Å². The normalized spacial score (nSPS) is 24.0. The largest absolute Gasteiger partial charge is 0.383 e. The van der Waals surface area contributed by atoms with E-state index in [1.165, 1.54) is 96.3 Å². The molecule has 0 aromatic carbocycles. The van der Waals surface area contributed by atoms with Crippen LogP contribution in [0.5, 0.6) is 0 Å². The van der Waals surface area contributed by atoms with Crippen LogP contribution in [0.3, 0.4) is 0 Å². The fraction of sp³-hybridized carbons (Fsp3) is 0.892. The van der Waals surface area contributed by atoms with Crippen molar-refractivity contribution in [2.75, 3.05) is 87.7 Å². The van der Waals surface area contributed by atoms with Crippen LogP contribution in [0.4, 0.5) is 17.6 Å². The van der Waals surface area contributed by atoms with Crippen molar-refractivity contribution in [2.45, 2.75) is 128 Å². The molecule has 1 saturated heterocycles. The smallest absolute Gasteiger partial charge is 0.330 e. The van der Waals surface area contributed by atoms with E-state index < -0.39 is 7.60 Å². The van der Waals surface area contributed by atoms with Crippen LogP contribution >= 0.6 is 7.60 Å². The molecular weight excluding hydrogens is 635 g/mol. The number of nitrogens with two attached hydrogens (primary N) is 1. The molecule has 49 heavy (non-hydrogen) atoms. The third kappa shape index (κ3) is 12.0. The van der Waals surface area contributed by atoms with Crippen molar-refractivity contribution in [2.24, 2.45) is 11.8 Å². The standard InChI is InChI=1S/C37H69N8O3P/c1-3-47-49(46,48-4-2)26-12-23-45-25-24-44(30-37(45)19-9-6-10-20-37)35-27-34(38)42-36(43-35)41-29-32-17-15-31(16-18-32)28-39-21-11-22-40-33-13-7-5-8-14-33/h27,31-33,39-40H,3-26,28-30H2,1-2H3,(H3,38,41,42,43). The number of aromatic nitrogens is 2. The minimum absolute atomic E-state index is 0.102. The monoisotopic (exact) mass is 705 g/mol. The molecule has 1 aromatic heterocycles. The zero-order chi connectivity index (χ0) is 34.4. The molecule has 4 fully saturated rings. The molecular formula is C37H69N8O3P. The second-order valence-electron chi connectivity index (χ2n) is 15.3. The number of nitrogen functional groups attached to an aromatic ring is 1. The van der Waals surface area contributed by atoms with Gasteiger partial charge < -0.3 is 35.6 Å². The van der Waals surface area contributed by atoms with Gasteiger partial charge in [0, 0.05) is 43.8 Å². The Kier molecular flexibility index (Phi) is 15.8. The summed E-state index contributed by atoms with van der Waals surface area (Å²) < 4.78 is 24.2. The summed E-state index contributed by atoms with van der Waals surface area (Å²) in [6.07, 6.45) is 20.7. The van der Waals surface area contributed by atoms with E-state index in [9.17, 15) is 4.57 Å². The SMILES string of the molecule is CCOP(=O)(CCCN1CCN(c2cc(N)nc(NCC3CCC(CNCCCNC4CCCCC4)CC3)n2)CC12CCCCC2)OCC. The number of anilines is 3. The van der Waals surface area contributed by atoms with E-state index in [0.29, 0.717) is 37.1 Å². The molecule has 3 aliphatic carbocycles. The van der Waals surface area contributed by atoms with E-state index in [2.05, 4.69) is 30.7 Å². The molecule has 280 valence electrons. The maximum Gasteiger partial charge on any atom is 0.330 e. The van der Waals surface area contributed by atoms with E-state index in [0.717, 1.165) is 76.6 Å². The molecule has 4 aliphatic rings. The summed E-state index contributed by atoms with van der Waals surface area (Å²) in [5, 5.41) is 11.1. The summed E-state index contributed by atoms with van der Waals surface area (Å²) >= 11 is 0. The van der Waals surface area contributed by atoms with Gasteiger partial charge >= 0.3 is 7.60 Å². The van der Waals surface area contributed by atoms with Crippen LogP contribution in [0, 0.1) is 11.8 Å². The van der Waals surface area contributed by atoms with Gasteiger partial charge in [0.25, 0.3) is 0 Å². The summed E-state index contributed by atoms with van der Waals surface area (Å²) in [5.74, 6) is 3.56. The zero-order valence-electron chi connectivity index (χ0n) is 30.9. The van der Waals surface area contributed by atoms with Gasteiger partial charge in [-0.2, -0.15) is 9.97 Å². The predicted molar refractivity (Wildman–Crippen MR) is 203 cm³/mol. The van der Waals surface area contributed by atoms with E-state index >= 15 is 0 Å². The van der Waals surface area contributed by atoms with Gasteiger partial charge in [-0.3, -0.25) is 9.46 Å². The van der Waals surface area contributed by atoms with Crippen LogP contribution in [0.25, 0.3) is 0 Å². The van der Waals surface area contributed by atoms with Crippen LogP contribution < -0.4 is 26.6 Å². The van der Waals surface area contributed by atoms with E-state index in [-0.39, 0.29) is 5.54 Å². The van der Waals surface area contributed by atoms with Crippen LogP contribution in [0.15, 0.2) is 6.07 Å². The van der Waals surface area contributed by atoms with Crippen LogP contribution in [0.1, 0.15) is 117 Å². The Hall–Kier alpha value is -1.49. The first-order valence-corrected chi connectivity index (χ1v) is 21.8. The molecule has 0 radical (unpaired) electrons. The number of hydrogen-bond acceptors (Lipinski definition) is 11. The Morgan fingerprint density at radius 3 is 2.29 bits per heavy atom. The lowest BCUT2D eigenvalue weighted by atomic mass is 9.78. The quantitative estimate of drug-likeness (QED) is 0.0912. The third-order valence-electron chi connectivity index (χ3n) is 11.7. The highest BCUT2D eigenvalue weighted by atomic mass is 31.2. The number of hydrogen-bond donors (Lipinski definition) is 4. The molecule has 5 N–H and O–H groups in total. The summed E-state index contributed by atoms with van der Waals surface area (Å²) in [7, 11) is -3.02. The minimum Gasteiger partial charge on any atom is -0.383 e. The Balaban J connectivity index is 1.05. The lowest BCUT2D eigenvalue weighted by Gasteiger charge is -2.53. The number of rotatable bonds is 19. The minimum atomic E-state index is -3.02. The number of nitrogens with one attached hydrogen (secondary N) is 3. The molecule has 3 saturated carbocycles. The summed E-state index contributed by atoms with van der Waals surface area (Å²) in [6, 6.07) is 2.71. The second kappa shape index (κ2) is 19.9. The first-order chi connectivity index (χ1) is 23.9. The van der Waals surface area contributed by atoms with Gasteiger partial charge in [-0.05, 0) is 116 Å². The molecule has 0 unspecified atom stereocenters. The Morgan fingerprint density at radius 1 is 0.878 bits per heavy atom. The van der Waals surface area contributed by atoms with Crippen LogP contribution in [-0.2, 0) is 13.6 Å². The van der Waals surface area contributed by atoms with E-state index in [1.807, 2.05) is 19.9 Å². The molecule has 0 bridgehead atoms. The molecule has 5 rings (SSSR count). The highest BCUT2D eigenvalue weighted by Gasteiger charge is 2.43. The Bertz CT molecular complexity index is 1130. The number of nitrogens with zero attached hydrogens (tertiary/aromatic N) is 4. The summed E-state index contributed by atoms with van der Waals surface area (Å²) in [4.78, 5) is 14.7. The van der Waals surface area contributed by atoms with Gasteiger partial charge in [-0.15, -0.1) is 0 Å². The lowest BCUT2D eigenvalue weighted by molar-refractivity contribution is 0.0385. The fourth-order valence-electron chi connectivity index (χ4n) is 8.96. The van der Waals surface area contributed by atoms with Gasteiger partial charge in [-0.1, -0.05) is 38.5 Å².